The number of hydrogen-bond donors (Lipinski definition) is 8. The van der Waals surface area contributed by atoms with E-state index in [1.165, 1.54) is 23.9 Å². The Balaban J connectivity index is 3.71. The molecule has 0 radical (unpaired) electrons. The van der Waals surface area contributed by atoms with Gasteiger partial charge in [-0.1, -0.05) is 0 Å². The molecule has 2 amide bonds. The van der Waals surface area contributed by atoms with Gasteiger partial charge in [0.25, 0.3) is 5.91 Å². The lowest BCUT2D eigenvalue weighted by atomic mass is 10.0. The molecule has 35 heavy (non-hydrogen) atoms. The number of anilines is 1. The number of nitrogens with zero attached hydrogens (tertiary/aromatic N) is 2. The molecule has 0 aliphatic heterocycles. The number of carbonyl (C=O) groups excluding carboxylic acids is 2. The SMILES string of the molecule is CN(CC(O)CO)C(=O)c1c(I)c(NC(=O)C(CO)CO)c(I)c(C(O)N(C)CC(O)CO)c1I. The van der Waals surface area contributed by atoms with Crippen molar-refractivity contribution >= 4 is 85.3 Å². The molecule has 0 heterocycles. The van der Waals surface area contributed by atoms with Gasteiger partial charge in [-0.25, -0.2) is 0 Å². The Morgan fingerprint density at radius 1 is 0.829 bits per heavy atom. The van der Waals surface area contributed by atoms with Crippen LogP contribution in [0.15, 0.2) is 0 Å². The summed E-state index contributed by atoms with van der Waals surface area (Å²) in [6, 6.07) is 0. The molecule has 15 heteroatoms. The Kier molecular flexibility index (Phi) is 14.6. The van der Waals surface area contributed by atoms with E-state index in [4.69, 9.17) is 10.2 Å². The van der Waals surface area contributed by atoms with Gasteiger partial charge in [-0.05, 0) is 74.8 Å². The quantitative estimate of drug-likeness (QED) is 0.0879. The third-order valence-corrected chi connectivity index (χ3v) is 8.37. The lowest BCUT2D eigenvalue weighted by Gasteiger charge is -2.30. The number of amides is 2. The molecule has 0 spiro atoms. The van der Waals surface area contributed by atoms with Gasteiger partial charge in [0.1, 0.15) is 6.23 Å². The predicted molar refractivity (Wildman–Crippen MR) is 152 cm³/mol. The molecule has 0 saturated heterocycles. The monoisotopic (exact) mass is 837 g/mol. The van der Waals surface area contributed by atoms with Gasteiger partial charge in [0, 0.05) is 32.8 Å². The van der Waals surface area contributed by atoms with Gasteiger partial charge in [0.15, 0.2) is 0 Å². The lowest BCUT2D eigenvalue weighted by Crippen LogP contribution is -2.38. The molecule has 0 saturated carbocycles. The van der Waals surface area contributed by atoms with Crippen LogP contribution in [0.5, 0.6) is 0 Å². The highest BCUT2D eigenvalue weighted by molar-refractivity contribution is 14.1. The van der Waals surface area contributed by atoms with Crippen molar-refractivity contribution in [3.8, 4) is 0 Å². The van der Waals surface area contributed by atoms with Crippen LogP contribution >= 0.6 is 67.8 Å². The summed E-state index contributed by atoms with van der Waals surface area (Å²) in [5.41, 5.74) is 0.538. The average molecular weight is 837 g/mol. The lowest BCUT2D eigenvalue weighted by molar-refractivity contribution is -0.122. The van der Waals surface area contributed by atoms with Gasteiger partial charge in [0.05, 0.1) is 59.4 Å². The molecule has 0 aliphatic carbocycles. The minimum absolute atomic E-state index is 0.0967. The summed E-state index contributed by atoms with van der Waals surface area (Å²) in [6.45, 7) is -2.56. The second-order valence-corrected chi connectivity index (χ2v) is 11.1. The molecule has 1 aromatic carbocycles. The number of aliphatic hydroxyl groups is 7. The minimum Gasteiger partial charge on any atom is -0.395 e. The molecule has 8 N–H and O–H groups in total. The maximum atomic E-state index is 13.4. The predicted octanol–water partition coefficient (Wildman–Crippen LogP) is -1.26. The van der Waals surface area contributed by atoms with E-state index in [1.54, 1.807) is 0 Å². The summed E-state index contributed by atoms with van der Waals surface area (Å²) in [5.74, 6) is -2.36. The van der Waals surface area contributed by atoms with E-state index >= 15 is 0 Å². The molecule has 0 bridgehead atoms. The number of likely N-dealkylation sites (N-methyl/N-ethyl adjacent to an activating group) is 2. The first-order valence-electron chi connectivity index (χ1n) is 10.3. The van der Waals surface area contributed by atoms with Gasteiger partial charge in [-0.2, -0.15) is 0 Å². The fraction of sp³-hybridized carbons (Fsp3) is 0.600. The first-order chi connectivity index (χ1) is 16.4. The standard InChI is InChI=1S/C20H30I3N3O9/c1-25(3-10(31)7-29)19(34)12-14(21)13(20(35)26(2)4-11(32)8-30)16(23)17(15(12)22)24-18(33)9(5-27)6-28/h9-11,19,27-32,34H,3-8H2,1-2H3,(H,24,33). The van der Waals surface area contributed by atoms with E-state index in [9.17, 15) is 35.1 Å². The summed E-state index contributed by atoms with van der Waals surface area (Å²) in [7, 11) is 2.93. The Bertz CT molecular complexity index is 889. The number of rotatable bonds is 13. The van der Waals surface area contributed by atoms with Crippen LogP contribution in [0, 0.1) is 16.6 Å². The maximum Gasteiger partial charge on any atom is 0.255 e. The van der Waals surface area contributed by atoms with Crippen LogP contribution in [0.3, 0.4) is 0 Å². The van der Waals surface area contributed by atoms with Gasteiger partial charge < -0.3 is 46.0 Å². The summed E-state index contributed by atoms with van der Waals surface area (Å²) >= 11 is 5.67. The number of nitrogens with one attached hydrogen (secondary N) is 1. The molecule has 0 aliphatic rings. The summed E-state index contributed by atoms with van der Waals surface area (Å²) in [5, 5.41) is 70.4. The van der Waals surface area contributed by atoms with Crippen molar-refractivity contribution in [2.45, 2.75) is 18.4 Å². The van der Waals surface area contributed by atoms with Crippen LogP contribution < -0.4 is 5.32 Å². The van der Waals surface area contributed by atoms with Crippen LogP contribution in [-0.4, -0.2) is 123 Å². The normalized spacial score (nSPS) is 14.2. The van der Waals surface area contributed by atoms with E-state index in [0.717, 1.165) is 0 Å². The zero-order chi connectivity index (χ0) is 27.0. The fourth-order valence-electron chi connectivity index (χ4n) is 3.01. The first kappa shape index (κ1) is 33.1. The van der Waals surface area contributed by atoms with Crippen LogP contribution in [0.2, 0.25) is 0 Å². The average Bonchev–Trinajstić information content (AvgIpc) is 2.81. The van der Waals surface area contributed by atoms with Crippen LogP contribution in [0.4, 0.5) is 5.69 Å². The van der Waals surface area contributed by atoms with Crippen molar-refractivity contribution in [1.82, 2.24) is 9.80 Å². The van der Waals surface area contributed by atoms with Crippen molar-refractivity contribution in [3.05, 3.63) is 21.8 Å². The van der Waals surface area contributed by atoms with Crippen LogP contribution in [0.25, 0.3) is 0 Å². The Hall–Kier alpha value is 0.0300. The molecule has 1 rings (SSSR count). The highest BCUT2D eigenvalue weighted by Gasteiger charge is 2.32. The number of aliphatic hydroxyl groups excluding tert-OH is 7. The number of benzene rings is 1. The number of carbonyl (C=O) groups is 2. The summed E-state index contributed by atoms with van der Waals surface area (Å²) < 4.78 is 1.05. The Morgan fingerprint density at radius 3 is 1.83 bits per heavy atom. The van der Waals surface area contributed by atoms with Crippen molar-refractivity contribution in [2.24, 2.45) is 5.92 Å². The first-order valence-corrected chi connectivity index (χ1v) is 13.5. The molecular weight excluding hydrogens is 807 g/mol. The molecule has 0 aromatic heterocycles. The van der Waals surface area contributed by atoms with Gasteiger partial charge >= 0.3 is 0 Å². The molecule has 200 valence electrons. The highest BCUT2D eigenvalue weighted by atomic mass is 127. The smallest absolute Gasteiger partial charge is 0.255 e. The third-order valence-electron chi connectivity index (χ3n) is 5.05. The molecule has 0 fully saturated rings. The van der Waals surface area contributed by atoms with Gasteiger partial charge in [-0.15, -0.1) is 0 Å². The van der Waals surface area contributed by atoms with E-state index in [2.05, 4.69) is 5.32 Å². The van der Waals surface area contributed by atoms with Gasteiger partial charge in [-0.3, -0.25) is 14.5 Å². The minimum atomic E-state index is -1.35. The molecule has 3 unspecified atom stereocenters. The Labute approximate surface area is 243 Å². The van der Waals surface area contributed by atoms with E-state index in [-0.39, 0.29) is 29.9 Å². The molecule has 12 nitrogen and oxygen atoms in total. The fourth-order valence-corrected chi connectivity index (χ4v) is 7.47. The Morgan fingerprint density at radius 2 is 1.34 bits per heavy atom. The van der Waals surface area contributed by atoms with Gasteiger partial charge in [0.2, 0.25) is 5.91 Å². The van der Waals surface area contributed by atoms with Crippen molar-refractivity contribution in [1.29, 1.82) is 0 Å². The highest BCUT2D eigenvalue weighted by Crippen LogP contribution is 2.39. The number of hydrogen-bond acceptors (Lipinski definition) is 10. The van der Waals surface area contributed by atoms with Crippen molar-refractivity contribution in [2.75, 3.05) is 58.9 Å². The van der Waals surface area contributed by atoms with Crippen molar-refractivity contribution < 1.29 is 45.3 Å². The maximum absolute atomic E-state index is 13.4. The molecule has 1 aromatic rings. The van der Waals surface area contributed by atoms with E-state index < -0.39 is 62.6 Å². The number of halogens is 3. The molecular formula is C20H30I3N3O9. The zero-order valence-electron chi connectivity index (χ0n) is 19.0. The summed E-state index contributed by atoms with van der Waals surface area (Å²) in [4.78, 5) is 28.5. The van der Waals surface area contributed by atoms with E-state index in [1.807, 2.05) is 67.8 Å². The van der Waals surface area contributed by atoms with E-state index in [0.29, 0.717) is 10.7 Å². The van der Waals surface area contributed by atoms with Crippen LogP contribution in [0.1, 0.15) is 22.1 Å². The zero-order valence-corrected chi connectivity index (χ0v) is 25.5. The largest absolute Gasteiger partial charge is 0.395 e. The third kappa shape index (κ3) is 8.52. The van der Waals surface area contributed by atoms with Crippen LogP contribution in [-0.2, 0) is 4.79 Å². The second kappa shape index (κ2) is 15.4. The summed E-state index contributed by atoms with van der Waals surface area (Å²) in [6.07, 6.45) is -3.66. The van der Waals surface area contributed by atoms with Crippen molar-refractivity contribution in [3.63, 3.8) is 0 Å². The topological polar surface area (TPSA) is 194 Å². The second-order valence-electron chi connectivity index (χ2n) is 7.83. The molecule has 3 atom stereocenters.